The number of carbonyl (C=O) groups is 2. The van der Waals surface area contributed by atoms with Gasteiger partial charge >= 0.3 is 5.97 Å². The summed E-state index contributed by atoms with van der Waals surface area (Å²) in [5, 5.41) is 13.0. The first kappa shape index (κ1) is 22.2. The van der Waals surface area contributed by atoms with E-state index in [0.29, 0.717) is 18.1 Å². The minimum Gasteiger partial charge on any atom is -0.462 e. The van der Waals surface area contributed by atoms with Crippen molar-refractivity contribution in [2.75, 3.05) is 19.7 Å². The summed E-state index contributed by atoms with van der Waals surface area (Å²) < 4.78 is 6.01. The normalized spacial score (nSPS) is 14.5. The van der Waals surface area contributed by atoms with Crippen LogP contribution in [-0.4, -0.2) is 46.4 Å². The second kappa shape index (κ2) is 9.22. The second-order valence-corrected chi connectivity index (χ2v) is 8.98. The van der Waals surface area contributed by atoms with Crippen molar-refractivity contribution < 1.29 is 19.2 Å². The molecule has 1 aliphatic rings. The molecule has 0 unspecified atom stereocenters. The third kappa shape index (κ3) is 4.58. The number of benzene rings is 2. The van der Waals surface area contributed by atoms with Crippen LogP contribution in [0.5, 0.6) is 0 Å². The SMILES string of the molecule is CCOC(=O)c1cc(C(=O)N2CCC(c3nc4cc(Cl)ccc4s3)CC2)cc([N+](=O)[O-])c1. The van der Waals surface area contributed by atoms with Crippen LogP contribution in [0.1, 0.15) is 51.4 Å². The predicted molar refractivity (Wildman–Crippen MR) is 122 cm³/mol. The quantitative estimate of drug-likeness (QED) is 0.291. The van der Waals surface area contributed by atoms with Crippen LogP contribution in [0.3, 0.4) is 0 Å². The van der Waals surface area contributed by atoms with E-state index in [1.54, 1.807) is 23.2 Å². The molecule has 0 bridgehead atoms. The molecule has 2 heterocycles. The van der Waals surface area contributed by atoms with Crippen molar-refractivity contribution in [1.82, 2.24) is 9.88 Å². The van der Waals surface area contributed by atoms with Crippen molar-refractivity contribution in [1.29, 1.82) is 0 Å². The lowest BCUT2D eigenvalue weighted by molar-refractivity contribution is -0.384. The molecule has 1 amide bonds. The molecule has 8 nitrogen and oxygen atoms in total. The average molecular weight is 474 g/mol. The van der Waals surface area contributed by atoms with Crippen LogP contribution >= 0.6 is 22.9 Å². The molecule has 0 radical (unpaired) electrons. The first-order valence-electron chi connectivity index (χ1n) is 10.2. The van der Waals surface area contributed by atoms with Gasteiger partial charge in [-0.05, 0) is 44.0 Å². The van der Waals surface area contributed by atoms with Gasteiger partial charge in [-0.15, -0.1) is 11.3 Å². The minimum absolute atomic E-state index is 0.00702. The van der Waals surface area contributed by atoms with Gasteiger partial charge < -0.3 is 9.64 Å². The predicted octanol–water partition coefficient (Wildman–Crippen LogP) is 5.05. The molecule has 10 heteroatoms. The number of thiazole rings is 1. The smallest absolute Gasteiger partial charge is 0.338 e. The Morgan fingerprint density at radius 1 is 1.22 bits per heavy atom. The maximum Gasteiger partial charge on any atom is 0.338 e. The number of nitrogens with zero attached hydrogens (tertiary/aromatic N) is 3. The van der Waals surface area contributed by atoms with Gasteiger partial charge in [-0.2, -0.15) is 0 Å². The van der Waals surface area contributed by atoms with Crippen LogP contribution in [0.4, 0.5) is 5.69 Å². The Kier molecular flexibility index (Phi) is 6.38. The molecular formula is C22H20ClN3O5S. The summed E-state index contributed by atoms with van der Waals surface area (Å²) in [6.45, 7) is 2.77. The number of carbonyl (C=O) groups excluding carboxylic acids is 2. The highest BCUT2D eigenvalue weighted by Gasteiger charge is 2.28. The Balaban J connectivity index is 1.50. The molecule has 0 atom stereocenters. The number of likely N-dealkylation sites (tertiary alicyclic amines) is 1. The van der Waals surface area contributed by atoms with Gasteiger partial charge in [0.1, 0.15) is 0 Å². The molecule has 166 valence electrons. The molecule has 32 heavy (non-hydrogen) atoms. The zero-order chi connectivity index (χ0) is 22.8. The summed E-state index contributed by atoms with van der Waals surface area (Å²) in [5.41, 5.74) is 0.656. The molecule has 1 fully saturated rings. The van der Waals surface area contributed by atoms with Crippen molar-refractivity contribution in [3.05, 3.63) is 67.7 Å². The summed E-state index contributed by atoms with van der Waals surface area (Å²) in [7, 11) is 0. The van der Waals surface area contributed by atoms with E-state index in [0.717, 1.165) is 34.1 Å². The highest BCUT2D eigenvalue weighted by Crippen LogP contribution is 2.35. The van der Waals surface area contributed by atoms with Gasteiger partial charge in [0.2, 0.25) is 0 Å². The molecule has 1 aromatic heterocycles. The van der Waals surface area contributed by atoms with Gasteiger partial charge in [-0.3, -0.25) is 14.9 Å². The Hall–Kier alpha value is -3.04. The van der Waals surface area contributed by atoms with Crippen LogP contribution in [0, 0.1) is 10.1 Å². The molecular weight excluding hydrogens is 454 g/mol. The van der Waals surface area contributed by atoms with E-state index in [4.69, 9.17) is 21.3 Å². The van der Waals surface area contributed by atoms with Crippen molar-refractivity contribution in [3.63, 3.8) is 0 Å². The second-order valence-electron chi connectivity index (χ2n) is 7.48. The fourth-order valence-electron chi connectivity index (χ4n) is 3.78. The zero-order valence-corrected chi connectivity index (χ0v) is 18.8. The van der Waals surface area contributed by atoms with Crippen LogP contribution in [0.2, 0.25) is 5.02 Å². The molecule has 0 aliphatic carbocycles. The maximum absolute atomic E-state index is 13.1. The zero-order valence-electron chi connectivity index (χ0n) is 17.2. The number of nitro groups is 1. The number of fused-ring (bicyclic) bond motifs is 1. The van der Waals surface area contributed by atoms with Crippen LogP contribution < -0.4 is 0 Å². The number of piperidine rings is 1. The van der Waals surface area contributed by atoms with E-state index in [1.165, 1.54) is 12.1 Å². The monoisotopic (exact) mass is 473 g/mol. The lowest BCUT2D eigenvalue weighted by atomic mass is 9.96. The fourth-order valence-corrected chi connectivity index (χ4v) is 5.06. The van der Waals surface area contributed by atoms with E-state index < -0.39 is 10.9 Å². The van der Waals surface area contributed by atoms with Crippen LogP contribution in [0.25, 0.3) is 10.2 Å². The molecule has 0 spiro atoms. The van der Waals surface area contributed by atoms with Crippen molar-refractivity contribution in [2.24, 2.45) is 0 Å². The summed E-state index contributed by atoms with van der Waals surface area (Å²) in [6.07, 6.45) is 1.47. The average Bonchev–Trinajstić information content (AvgIpc) is 3.21. The van der Waals surface area contributed by atoms with Gasteiger partial charge in [-0.1, -0.05) is 11.6 Å². The maximum atomic E-state index is 13.1. The first-order valence-corrected chi connectivity index (χ1v) is 11.4. The number of non-ortho nitro benzene ring substituents is 1. The molecule has 4 rings (SSSR count). The largest absolute Gasteiger partial charge is 0.462 e. The van der Waals surface area contributed by atoms with Gasteiger partial charge in [0.05, 0.1) is 32.3 Å². The molecule has 1 aliphatic heterocycles. The molecule has 2 aromatic carbocycles. The summed E-state index contributed by atoms with van der Waals surface area (Å²) >= 11 is 7.69. The first-order chi connectivity index (χ1) is 15.4. The standard InChI is InChI=1S/C22H20ClN3O5S/c1-2-31-22(28)15-9-14(10-17(11-15)26(29)30)21(27)25-7-5-13(6-8-25)20-24-18-12-16(23)3-4-19(18)32-20/h3-4,9-13H,2,5-8H2,1H3. The molecule has 3 aromatic rings. The highest BCUT2D eigenvalue weighted by molar-refractivity contribution is 7.18. The summed E-state index contributed by atoms with van der Waals surface area (Å²) in [4.78, 5) is 42.2. The van der Waals surface area contributed by atoms with Gasteiger partial charge in [-0.25, -0.2) is 9.78 Å². The van der Waals surface area contributed by atoms with Gasteiger partial charge in [0.25, 0.3) is 11.6 Å². The van der Waals surface area contributed by atoms with E-state index in [2.05, 4.69) is 0 Å². The number of ether oxygens (including phenoxy) is 1. The molecule has 0 N–H and O–H groups in total. The Morgan fingerprint density at radius 2 is 1.94 bits per heavy atom. The number of esters is 1. The third-order valence-corrected chi connectivity index (χ3v) is 6.82. The number of hydrogen-bond donors (Lipinski definition) is 0. The van der Waals surface area contributed by atoms with Crippen LogP contribution in [0.15, 0.2) is 36.4 Å². The van der Waals surface area contributed by atoms with Crippen molar-refractivity contribution >= 4 is 50.7 Å². The minimum atomic E-state index is -0.695. The van der Waals surface area contributed by atoms with E-state index >= 15 is 0 Å². The topological polar surface area (TPSA) is 103 Å². The number of halogens is 1. The highest BCUT2D eigenvalue weighted by atomic mass is 35.5. The number of nitro benzene ring substituents is 1. The van der Waals surface area contributed by atoms with Crippen molar-refractivity contribution in [3.8, 4) is 0 Å². The number of hydrogen-bond acceptors (Lipinski definition) is 7. The van der Waals surface area contributed by atoms with E-state index in [-0.39, 0.29) is 35.2 Å². The number of amides is 1. The lowest BCUT2D eigenvalue weighted by Gasteiger charge is -2.31. The van der Waals surface area contributed by atoms with Gasteiger partial charge in [0, 0.05) is 41.7 Å². The Morgan fingerprint density at radius 3 is 2.62 bits per heavy atom. The van der Waals surface area contributed by atoms with Gasteiger partial charge in [0.15, 0.2) is 0 Å². The summed E-state index contributed by atoms with van der Waals surface area (Å²) in [6, 6.07) is 9.34. The third-order valence-electron chi connectivity index (χ3n) is 5.38. The Labute approximate surface area is 192 Å². The Bertz CT molecular complexity index is 1200. The number of rotatable bonds is 5. The molecule has 1 saturated heterocycles. The van der Waals surface area contributed by atoms with E-state index in [9.17, 15) is 19.7 Å². The van der Waals surface area contributed by atoms with E-state index in [1.807, 2.05) is 18.2 Å². The number of aromatic nitrogens is 1. The van der Waals surface area contributed by atoms with Crippen LogP contribution in [-0.2, 0) is 4.74 Å². The molecule has 0 saturated carbocycles. The van der Waals surface area contributed by atoms with Crippen molar-refractivity contribution in [2.45, 2.75) is 25.7 Å². The summed E-state index contributed by atoms with van der Waals surface area (Å²) in [5.74, 6) is -0.802. The lowest BCUT2D eigenvalue weighted by Crippen LogP contribution is -2.38. The fraction of sp³-hybridized carbons (Fsp3) is 0.318.